The molecule has 3 aromatic carbocycles. The first-order chi connectivity index (χ1) is 26.5. The number of rotatable bonds is 8. The first-order valence-electron chi connectivity index (χ1n) is 18.8. The van der Waals surface area contributed by atoms with E-state index in [4.69, 9.17) is 21.1 Å². The average molecular weight is 768 g/mol. The van der Waals surface area contributed by atoms with Crippen LogP contribution in [0.25, 0.3) is 6.08 Å². The molecule has 55 heavy (non-hydrogen) atoms. The molecule has 3 saturated heterocycles. The number of anilines is 1. The zero-order valence-corrected chi connectivity index (χ0v) is 31.7. The summed E-state index contributed by atoms with van der Waals surface area (Å²) in [7, 11) is 2.86. The molecule has 10 nitrogen and oxygen atoms in total. The number of carbonyl (C=O) groups excluding carboxylic acids is 4. The average Bonchev–Trinajstić information content (AvgIpc) is 3.56. The SMILES string of the molecule is COc1cc(C=CC2C3=CCC4C(=O)N(C5CCN(Cc6ccccc6)CC5)C(=O)C4C3CC3C(=O)N(c4ccc(F)c(Cl)c4)C(=O)C23C)cc(OC)c1O. The van der Waals surface area contributed by atoms with Gasteiger partial charge < -0.3 is 14.6 Å². The second-order valence-corrected chi connectivity index (χ2v) is 15.9. The van der Waals surface area contributed by atoms with Gasteiger partial charge in [-0.05, 0) is 80.0 Å². The molecule has 6 atom stereocenters. The third-order valence-electron chi connectivity index (χ3n) is 12.7. The number of phenolic OH excluding ortho intramolecular Hbond substituents is 1. The number of benzene rings is 3. The highest BCUT2D eigenvalue weighted by Gasteiger charge is 2.67. The quantitative estimate of drug-likeness (QED) is 0.200. The summed E-state index contributed by atoms with van der Waals surface area (Å²) in [6, 6.07) is 17.1. The summed E-state index contributed by atoms with van der Waals surface area (Å²) in [6.45, 7) is 4.11. The predicted octanol–water partition coefficient (Wildman–Crippen LogP) is 6.64. The van der Waals surface area contributed by atoms with E-state index in [-0.39, 0.29) is 52.2 Å². The van der Waals surface area contributed by atoms with Crippen molar-refractivity contribution < 1.29 is 38.1 Å². The highest BCUT2D eigenvalue weighted by Crippen LogP contribution is 2.61. The van der Waals surface area contributed by atoms with E-state index < -0.39 is 52.6 Å². The molecule has 3 aromatic rings. The van der Waals surface area contributed by atoms with E-state index in [1.807, 2.05) is 30.4 Å². The van der Waals surface area contributed by atoms with Gasteiger partial charge in [-0.25, -0.2) is 9.29 Å². The van der Waals surface area contributed by atoms with Crippen LogP contribution in [0.4, 0.5) is 10.1 Å². The van der Waals surface area contributed by atoms with Crippen LogP contribution in [0.5, 0.6) is 17.2 Å². The lowest BCUT2D eigenvalue weighted by molar-refractivity contribution is -0.144. The molecule has 5 aliphatic rings. The van der Waals surface area contributed by atoms with Gasteiger partial charge in [0.1, 0.15) is 5.82 Å². The van der Waals surface area contributed by atoms with Crippen molar-refractivity contribution in [2.24, 2.45) is 35.0 Å². The standard InChI is InChI=1S/C43H43ClFN3O7/c1-43-31(13-9-25-19-35(54-2)38(49)36(20-25)55-3)28-11-12-29-37(30(28)22-32(43)40(51)48(42(43)53)27-10-14-34(45)33(44)21-27)41(52)47(39(29)50)26-15-17-46(18-16-26)23-24-7-5-4-6-8-24/h4-11,13-14,19-21,26,29-32,37,49H,12,15-18,22-23H2,1-3H3. The van der Waals surface area contributed by atoms with Gasteiger partial charge in [0.05, 0.1) is 48.1 Å². The first-order valence-corrected chi connectivity index (χ1v) is 19.1. The summed E-state index contributed by atoms with van der Waals surface area (Å²) in [5.41, 5.74) is 1.55. The Labute approximate surface area is 324 Å². The van der Waals surface area contributed by atoms with Crippen LogP contribution in [-0.4, -0.2) is 71.9 Å². The molecule has 4 amide bonds. The molecule has 3 heterocycles. The van der Waals surface area contributed by atoms with Gasteiger partial charge in [0.25, 0.3) is 0 Å². The van der Waals surface area contributed by atoms with E-state index in [9.17, 15) is 28.7 Å². The Hall–Kier alpha value is -5.00. The zero-order valence-electron chi connectivity index (χ0n) is 30.9. The van der Waals surface area contributed by atoms with Gasteiger partial charge >= 0.3 is 0 Å². The molecular weight excluding hydrogens is 725 g/mol. The number of likely N-dealkylation sites (tertiary alicyclic amines) is 2. The lowest BCUT2D eigenvalue weighted by Crippen LogP contribution is -2.50. The molecule has 8 rings (SSSR count). The Morgan fingerprint density at radius 1 is 0.927 bits per heavy atom. The molecule has 1 N–H and O–H groups in total. The molecule has 0 spiro atoms. The summed E-state index contributed by atoms with van der Waals surface area (Å²) in [5, 5.41) is 10.3. The van der Waals surface area contributed by atoms with E-state index >= 15 is 0 Å². The van der Waals surface area contributed by atoms with Crippen molar-refractivity contribution in [2.45, 2.75) is 45.2 Å². The van der Waals surface area contributed by atoms with Crippen molar-refractivity contribution in [1.82, 2.24) is 9.80 Å². The fraction of sp³-hybridized carbons (Fsp3) is 0.395. The van der Waals surface area contributed by atoms with E-state index in [2.05, 4.69) is 17.0 Å². The number of hydrogen-bond donors (Lipinski definition) is 1. The van der Waals surface area contributed by atoms with E-state index in [1.54, 1.807) is 25.1 Å². The number of fused-ring (bicyclic) bond motifs is 4. The molecule has 0 aromatic heterocycles. The second-order valence-electron chi connectivity index (χ2n) is 15.5. The molecule has 286 valence electrons. The minimum atomic E-state index is -1.29. The molecule has 0 radical (unpaired) electrons. The number of phenols is 1. The number of ether oxygens (including phenoxy) is 2. The van der Waals surface area contributed by atoms with Crippen LogP contribution in [0.1, 0.15) is 43.7 Å². The molecule has 1 saturated carbocycles. The smallest absolute Gasteiger partial charge is 0.241 e. The lowest BCUT2D eigenvalue weighted by Gasteiger charge is -2.48. The van der Waals surface area contributed by atoms with Crippen LogP contribution >= 0.6 is 11.6 Å². The number of halogens is 2. The molecule has 0 bridgehead atoms. The number of piperidine rings is 1. The van der Waals surface area contributed by atoms with E-state index in [1.165, 1.54) is 36.8 Å². The highest BCUT2D eigenvalue weighted by atomic mass is 35.5. The fourth-order valence-corrected chi connectivity index (χ4v) is 10.0. The van der Waals surface area contributed by atoms with Crippen molar-refractivity contribution in [3.8, 4) is 17.2 Å². The molecule has 6 unspecified atom stereocenters. The van der Waals surface area contributed by atoms with E-state index in [0.717, 1.165) is 36.2 Å². The summed E-state index contributed by atoms with van der Waals surface area (Å²) >= 11 is 6.13. The van der Waals surface area contributed by atoms with Gasteiger partial charge in [-0.3, -0.25) is 29.0 Å². The van der Waals surface area contributed by atoms with Crippen molar-refractivity contribution in [3.05, 3.63) is 100 Å². The minimum Gasteiger partial charge on any atom is -0.502 e. The molecule has 4 fully saturated rings. The fourth-order valence-electron chi connectivity index (χ4n) is 9.87. The Kier molecular flexibility index (Phi) is 9.58. The summed E-state index contributed by atoms with van der Waals surface area (Å²) in [4.78, 5) is 62.8. The first kappa shape index (κ1) is 36.9. The topological polar surface area (TPSA) is 117 Å². The van der Waals surface area contributed by atoms with Crippen LogP contribution in [-0.2, 0) is 25.7 Å². The maximum Gasteiger partial charge on any atom is 0.241 e. The Morgan fingerprint density at radius 2 is 1.62 bits per heavy atom. The third-order valence-corrected chi connectivity index (χ3v) is 13.0. The Morgan fingerprint density at radius 3 is 2.27 bits per heavy atom. The molecule has 12 heteroatoms. The number of hydrogen-bond acceptors (Lipinski definition) is 8. The van der Waals surface area contributed by atoms with Gasteiger partial charge in [0, 0.05) is 31.6 Å². The number of methoxy groups -OCH3 is 2. The molecule has 3 aliphatic heterocycles. The third kappa shape index (κ3) is 6.03. The van der Waals surface area contributed by atoms with Crippen molar-refractivity contribution >= 4 is 47.0 Å². The molecule has 2 aliphatic carbocycles. The van der Waals surface area contributed by atoms with Crippen molar-refractivity contribution in [1.29, 1.82) is 0 Å². The van der Waals surface area contributed by atoms with Gasteiger partial charge in [0.2, 0.25) is 29.4 Å². The number of amides is 4. The summed E-state index contributed by atoms with van der Waals surface area (Å²) < 4.78 is 25.0. The van der Waals surface area contributed by atoms with Crippen molar-refractivity contribution in [2.75, 3.05) is 32.2 Å². The van der Waals surface area contributed by atoms with Crippen molar-refractivity contribution in [3.63, 3.8) is 0 Å². The summed E-state index contributed by atoms with van der Waals surface area (Å²) in [5.74, 6) is -4.92. The number of imide groups is 2. The van der Waals surface area contributed by atoms with Crippen LogP contribution in [0.2, 0.25) is 5.02 Å². The number of allylic oxidation sites excluding steroid dienone is 3. The normalized spacial score (nSPS) is 28.4. The lowest BCUT2D eigenvalue weighted by atomic mass is 9.52. The number of nitrogens with zero attached hydrogens (tertiary/aromatic N) is 3. The van der Waals surface area contributed by atoms with Gasteiger partial charge in [0.15, 0.2) is 11.5 Å². The predicted molar refractivity (Wildman–Crippen MR) is 204 cm³/mol. The van der Waals surface area contributed by atoms with E-state index in [0.29, 0.717) is 24.8 Å². The Bertz CT molecular complexity index is 2110. The highest BCUT2D eigenvalue weighted by molar-refractivity contribution is 6.31. The number of aromatic hydroxyl groups is 1. The van der Waals surface area contributed by atoms with Crippen LogP contribution < -0.4 is 14.4 Å². The maximum absolute atomic E-state index is 14.7. The minimum absolute atomic E-state index is 0.158. The maximum atomic E-state index is 14.7. The molecular formula is C43H43ClFN3O7. The van der Waals surface area contributed by atoms with Crippen LogP contribution in [0.3, 0.4) is 0 Å². The number of carbonyl (C=O) groups is 4. The largest absolute Gasteiger partial charge is 0.502 e. The van der Waals surface area contributed by atoms with Gasteiger partial charge in [-0.1, -0.05) is 65.7 Å². The zero-order chi connectivity index (χ0) is 38.8. The van der Waals surface area contributed by atoms with Crippen LogP contribution in [0.15, 0.2) is 78.4 Å². The van der Waals surface area contributed by atoms with Gasteiger partial charge in [-0.15, -0.1) is 0 Å². The second kappa shape index (κ2) is 14.3. The van der Waals surface area contributed by atoms with Gasteiger partial charge in [-0.2, -0.15) is 0 Å². The Balaban J connectivity index is 1.13. The monoisotopic (exact) mass is 767 g/mol. The van der Waals surface area contributed by atoms with Crippen LogP contribution in [0, 0.1) is 40.8 Å². The summed E-state index contributed by atoms with van der Waals surface area (Å²) in [6.07, 6.45) is 7.57.